The van der Waals surface area contributed by atoms with E-state index < -0.39 is 0 Å². The number of unbranched alkanes of at least 4 members (excludes halogenated alkanes) is 3. The maximum absolute atomic E-state index is 4.68. The molecular weight excluding hydrogens is 252 g/mol. The van der Waals surface area contributed by atoms with Crippen molar-refractivity contribution in [2.45, 2.75) is 72.3 Å². The van der Waals surface area contributed by atoms with Crippen molar-refractivity contribution in [2.24, 2.45) is 16.8 Å². The molecule has 0 bridgehead atoms. The van der Waals surface area contributed by atoms with Gasteiger partial charge in [-0.1, -0.05) is 65.1 Å². The average molecular weight is 285 g/mol. The number of amidine groups is 1. The van der Waals surface area contributed by atoms with E-state index in [-0.39, 0.29) is 0 Å². The number of nitrogens with zero attached hydrogens (tertiary/aromatic N) is 1. The first kappa shape index (κ1) is 16.9. The lowest BCUT2D eigenvalue weighted by Gasteiger charge is -2.11. The lowest BCUT2D eigenvalue weighted by molar-refractivity contribution is 0.502. The van der Waals surface area contributed by atoms with Gasteiger partial charge < -0.3 is 5.32 Å². The minimum absolute atomic E-state index is 0.648. The predicted molar refractivity (Wildman–Crippen MR) is 89.1 cm³/mol. The fourth-order valence-electron chi connectivity index (χ4n) is 2.42. The number of aliphatic imine (C=N–C) groups is 1. The number of nitrogens with one attached hydrogen (secondary N) is 1. The summed E-state index contributed by atoms with van der Waals surface area (Å²) < 4.78 is 0. The molecule has 3 heteroatoms. The van der Waals surface area contributed by atoms with E-state index in [4.69, 9.17) is 0 Å². The quantitative estimate of drug-likeness (QED) is 0.621. The number of hydrogen-bond donors (Lipinski definition) is 1. The second kappa shape index (κ2) is 9.68. The van der Waals surface area contributed by atoms with Crippen molar-refractivity contribution < 1.29 is 0 Å². The second-order valence-electron chi connectivity index (χ2n) is 6.57. The third-order valence-corrected chi connectivity index (χ3v) is 4.54. The molecule has 1 aliphatic rings. The normalized spacial score (nSPS) is 21.6. The third-order valence-electron chi connectivity index (χ3n) is 3.45. The SMILES string of the molecule is CC(C)CCCCCCN=C1NC(CC(C)C)CS1. The Bertz CT molecular complexity index is 261. The fourth-order valence-corrected chi connectivity index (χ4v) is 3.43. The van der Waals surface area contributed by atoms with E-state index in [1.54, 1.807) is 0 Å². The van der Waals surface area contributed by atoms with Gasteiger partial charge in [-0.25, -0.2) is 0 Å². The highest BCUT2D eigenvalue weighted by atomic mass is 32.2. The van der Waals surface area contributed by atoms with Crippen LogP contribution >= 0.6 is 11.8 Å². The number of thioether (sulfide) groups is 1. The first-order valence-corrected chi connectivity index (χ1v) is 9.00. The van der Waals surface area contributed by atoms with E-state index in [2.05, 4.69) is 38.0 Å². The van der Waals surface area contributed by atoms with E-state index in [1.807, 2.05) is 11.8 Å². The summed E-state index contributed by atoms with van der Waals surface area (Å²) in [7, 11) is 0. The molecule has 1 fully saturated rings. The van der Waals surface area contributed by atoms with Gasteiger partial charge in [0, 0.05) is 18.3 Å². The molecule has 1 heterocycles. The van der Waals surface area contributed by atoms with Gasteiger partial charge in [0.05, 0.1) is 0 Å². The molecule has 0 aromatic carbocycles. The first-order chi connectivity index (χ1) is 9.08. The Balaban J connectivity index is 2.01. The van der Waals surface area contributed by atoms with E-state index in [9.17, 15) is 0 Å². The molecule has 1 atom stereocenters. The van der Waals surface area contributed by atoms with Crippen molar-refractivity contribution in [3.8, 4) is 0 Å². The highest BCUT2D eigenvalue weighted by molar-refractivity contribution is 8.14. The molecule has 1 rings (SSSR count). The zero-order valence-corrected chi connectivity index (χ0v) is 14.1. The number of rotatable bonds is 9. The van der Waals surface area contributed by atoms with Crippen molar-refractivity contribution in [1.29, 1.82) is 0 Å². The van der Waals surface area contributed by atoms with E-state index in [1.165, 1.54) is 49.4 Å². The Labute approximate surface area is 124 Å². The molecule has 0 spiro atoms. The van der Waals surface area contributed by atoms with Crippen molar-refractivity contribution in [3.05, 3.63) is 0 Å². The summed E-state index contributed by atoms with van der Waals surface area (Å²) in [5, 5.41) is 4.74. The predicted octanol–water partition coefficient (Wildman–Crippen LogP) is 4.70. The van der Waals surface area contributed by atoms with E-state index >= 15 is 0 Å². The molecule has 1 N–H and O–H groups in total. The second-order valence-corrected chi connectivity index (χ2v) is 7.57. The summed E-state index contributed by atoms with van der Waals surface area (Å²) in [6.45, 7) is 10.2. The fraction of sp³-hybridized carbons (Fsp3) is 0.938. The molecule has 0 aromatic rings. The Morgan fingerprint density at radius 2 is 1.84 bits per heavy atom. The van der Waals surface area contributed by atoms with Crippen molar-refractivity contribution in [3.63, 3.8) is 0 Å². The van der Waals surface area contributed by atoms with Gasteiger partial charge in [0.2, 0.25) is 0 Å². The zero-order chi connectivity index (χ0) is 14.1. The van der Waals surface area contributed by atoms with Crippen LogP contribution in [0, 0.1) is 11.8 Å². The lowest BCUT2D eigenvalue weighted by Crippen LogP contribution is -2.28. The van der Waals surface area contributed by atoms with Gasteiger partial charge >= 0.3 is 0 Å². The van der Waals surface area contributed by atoms with Gasteiger partial charge in [0.25, 0.3) is 0 Å². The standard InChI is InChI=1S/C16H32N2S/c1-13(2)9-7-5-6-8-10-17-16-18-15(12-19-16)11-14(3)4/h13-15H,5-12H2,1-4H3,(H,17,18). The molecule has 1 unspecified atom stereocenters. The van der Waals surface area contributed by atoms with Gasteiger partial charge in [0.15, 0.2) is 5.17 Å². The largest absolute Gasteiger partial charge is 0.361 e. The van der Waals surface area contributed by atoms with E-state index in [0.717, 1.165) is 18.4 Å². The Kier molecular flexibility index (Phi) is 8.60. The molecule has 1 saturated heterocycles. The van der Waals surface area contributed by atoms with Gasteiger partial charge in [0.1, 0.15) is 0 Å². The highest BCUT2D eigenvalue weighted by Crippen LogP contribution is 2.19. The minimum atomic E-state index is 0.648. The minimum Gasteiger partial charge on any atom is -0.361 e. The van der Waals surface area contributed by atoms with E-state index in [0.29, 0.717) is 6.04 Å². The molecule has 19 heavy (non-hydrogen) atoms. The maximum Gasteiger partial charge on any atom is 0.156 e. The van der Waals surface area contributed by atoms with Crippen molar-refractivity contribution in [2.75, 3.05) is 12.3 Å². The summed E-state index contributed by atoms with van der Waals surface area (Å²) in [6, 6.07) is 0.648. The van der Waals surface area contributed by atoms with Crippen LogP contribution in [0.1, 0.15) is 66.2 Å². The summed E-state index contributed by atoms with van der Waals surface area (Å²) in [5.74, 6) is 2.83. The van der Waals surface area contributed by atoms with Crippen LogP contribution < -0.4 is 5.32 Å². The van der Waals surface area contributed by atoms with Crippen LogP contribution in [0.4, 0.5) is 0 Å². The van der Waals surface area contributed by atoms with Crippen LogP contribution in [-0.2, 0) is 0 Å². The third kappa shape index (κ3) is 8.56. The molecule has 1 aliphatic heterocycles. The van der Waals surface area contributed by atoms with Gasteiger partial charge in [-0.05, 0) is 24.7 Å². The van der Waals surface area contributed by atoms with Crippen LogP contribution in [0.2, 0.25) is 0 Å². The first-order valence-electron chi connectivity index (χ1n) is 8.01. The summed E-state index contributed by atoms with van der Waals surface area (Å²) in [4.78, 5) is 4.68. The molecule has 112 valence electrons. The Hall–Kier alpha value is -0.180. The Morgan fingerprint density at radius 3 is 2.53 bits per heavy atom. The topological polar surface area (TPSA) is 24.4 Å². The van der Waals surface area contributed by atoms with Gasteiger partial charge in [-0.15, -0.1) is 0 Å². The molecule has 0 radical (unpaired) electrons. The van der Waals surface area contributed by atoms with Gasteiger partial charge in [-0.3, -0.25) is 4.99 Å². The van der Waals surface area contributed by atoms with Crippen LogP contribution in [0.25, 0.3) is 0 Å². The van der Waals surface area contributed by atoms with Crippen molar-refractivity contribution in [1.82, 2.24) is 5.32 Å². The molecule has 0 amide bonds. The maximum atomic E-state index is 4.68. The van der Waals surface area contributed by atoms with Crippen molar-refractivity contribution >= 4 is 16.9 Å². The smallest absolute Gasteiger partial charge is 0.156 e. The highest BCUT2D eigenvalue weighted by Gasteiger charge is 2.20. The molecular formula is C16H32N2S. The van der Waals surface area contributed by atoms with Crippen LogP contribution in [0.5, 0.6) is 0 Å². The molecule has 0 saturated carbocycles. The number of hydrogen-bond acceptors (Lipinski definition) is 2. The monoisotopic (exact) mass is 284 g/mol. The van der Waals surface area contributed by atoms with Crippen LogP contribution in [0.3, 0.4) is 0 Å². The summed E-state index contributed by atoms with van der Waals surface area (Å²) >= 11 is 1.90. The molecule has 2 nitrogen and oxygen atoms in total. The zero-order valence-electron chi connectivity index (χ0n) is 13.2. The molecule has 0 aliphatic carbocycles. The average Bonchev–Trinajstić information content (AvgIpc) is 2.74. The summed E-state index contributed by atoms with van der Waals surface area (Å²) in [6.07, 6.45) is 7.99. The molecule has 0 aromatic heterocycles. The summed E-state index contributed by atoms with van der Waals surface area (Å²) in [5.41, 5.74) is 0. The van der Waals surface area contributed by atoms with Crippen LogP contribution in [0.15, 0.2) is 4.99 Å². The lowest BCUT2D eigenvalue weighted by atomic mass is 10.0. The van der Waals surface area contributed by atoms with Crippen LogP contribution in [-0.4, -0.2) is 23.5 Å². The van der Waals surface area contributed by atoms with Gasteiger partial charge in [-0.2, -0.15) is 0 Å². The Morgan fingerprint density at radius 1 is 1.11 bits per heavy atom.